The zero-order chi connectivity index (χ0) is 25.8. The summed E-state index contributed by atoms with van der Waals surface area (Å²) < 4.78 is 20.6. The molecule has 1 heterocycles. The molecule has 2 amide bonds. The standard InChI is InChI=1S/C31H31FN2O3/c1-22(35)33-29-25-12-6-7-13-26(25)31(30(29)37-21-23-9-3-2-4-10-23)17-19-34(20-18-31)28(36)16-15-24-11-5-8-14-27(24)32/h2-16,29-30H,17-21H2,1H3,(H,33,35)/b16-15+/t29-,30+/m1/s1. The lowest BCUT2D eigenvalue weighted by Crippen LogP contribution is -2.51. The highest BCUT2D eigenvalue weighted by Crippen LogP contribution is 2.52. The van der Waals surface area contributed by atoms with Gasteiger partial charge in [0.15, 0.2) is 0 Å². The summed E-state index contributed by atoms with van der Waals surface area (Å²) in [5, 5.41) is 3.14. The van der Waals surface area contributed by atoms with Crippen LogP contribution < -0.4 is 5.32 Å². The van der Waals surface area contributed by atoms with E-state index in [4.69, 9.17) is 4.74 Å². The third-order valence-electron chi connectivity index (χ3n) is 7.59. The third-order valence-corrected chi connectivity index (χ3v) is 7.59. The number of carbonyl (C=O) groups is 2. The summed E-state index contributed by atoms with van der Waals surface area (Å²) in [5.41, 5.74) is 3.39. The van der Waals surface area contributed by atoms with E-state index in [0.717, 1.165) is 11.1 Å². The highest BCUT2D eigenvalue weighted by atomic mass is 19.1. The Labute approximate surface area is 217 Å². The summed E-state index contributed by atoms with van der Waals surface area (Å²) in [5.74, 6) is -0.588. The van der Waals surface area contributed by atoms with Crippen LogP contribution in [0.15, 0.2) is 84.9 Å². The molecule has 5 rings (SSSR count). The molecule has 2 atom stereocenters. The average molecular weight is 499 g/mol. The van der Waals surface area contributed by atoms with Crippen molar-refractivity contribution in [3.63, 3.8) is 0 Å². The van der Waals surface area contributed by atoms with E-state index in [2.05, 4.69) is 17.4 Å². The van der Waals surface area contributed by atoms with Gasteiger partial charge in [-0.05, 0) is 41.7 Å². The Morgan fingerprint density at radius 1 is 1.00 bits per heavy atom. The van der Waals surface area contributed by atoms with E-state index in [1.807, 2.05) is 47.4 Å². The first-order valence-electron chi connectivity index (χ1n) is 12.7. The summed E-state index contributed by atoms with van der Waals surface area (Å²) in [6.45, 7) is 3.07. The molecule has 0 radical (unpaired) electrons. The van der Waals surface area contributed by atoms with Gasteiger partial charge in [0.1, 0.15) is 5.82 Å². The van der Waals surface area contributed by atoms with Crippen molar-refractivity contribution in [2.45, 2.75) is 43.9 Å². The molecule has 1 spiro atoms. The monoisotopic (exact) mass is 498 g/mol. The second-order valence-corrected chi connectivity index (χ2v) is 9.82. The van der Waals surface area contributed by atoms with Gasteiger partial charge in [-0.15, -0.1) is 0 Å². The van der Waals surface area contributed by atoms with Crippen molar-refractivity contribution < 1.29 is 18.7 Å². The fourth-order valence-electron chi connectivity index (χ4n) is 5.80. The van der Waals surface area contributed by atoms with E-state index in [1.165, 1.54) is 30.7 Å². The van der Waals surface area contributed by atoms with Crippen LogP contribution in [-0.2, 0) is 26.3 Å². The highest BCUT2D eigenvalue weighted by Gasteiger charge is 2.54. The van der Waals surface area contributed by atoms with Gasteiger partial charge >= 0.3 is 0 Å². The van der Waals surface area contributed by atoms with Crippen LogP contribution in [0.3, 0.4) is 0 Å². The number of piperidine rings is 1. The first kappa shape index (κ1) is 24.9. The third kappa shape index (κ3) is 5.07. The van der Waals surface area contributed by atoms with Crippen LogP contribution in [0.4, 0.5) is 4.39 Å². The summed E-state index contributed by atoms with van der Waals surface area (Å²) in [7, 11) is 0. The molecule has 1 aliphatic carbocycles. The minimum absolute atomic E-state index is 0.101. The van der Waals surface area contributed by atoms with Gasteiger partial charge in [0.2, 0.25) is 11.8 Å². The van der Waals surface area contributed by atoms with Gasteiger partial charge in [0.05, 0.1) is 18.8 Å². The lowest BCUT2D eigenvalue weighted by atomic mass is 9.71. The number of likely N-dealkylation sites (tertiary alicyclic amines) is 1. The van der Waals surface area contributed by atoms with Gasteiger partial charge < -0.3 is 15.0 Å². The van der Waals surface area contributed by atoms with Gasteiger partial charge in [0.25, 0.3) is 0 Å². The molecule has 1 saturated heterocycles. The van der Waals surface area contributed by atoms with Crippen LogP contribution in [0.25, 0.3) is 6.08 Å². The molecule has 0 aromatic heterocycles. The molecule has 0 saturated carbocycles. The zero-order valence-corrected chi connectivity index (χ0v) is 20.9. The van der Waals surface area contributed by atoms with E-state index in [-0.39, 0.29) is 35.2 Å². The minimum atomic E-state index is -0.353. The quantitative estimate of drug-likeness (QED) is 0.477. The number of ether oxygens (including phenoxy) is 1. The Morgan fingerprint density at radius 2 is 1.68 bits per heavy atom. The molecular formula is C31H31FN2O3. The topological polar surface area (TPSA) is 58.6 Å². The molecule has 3 aromatic carbocycles. The van der Waals surface area contributed by atoms with Crippen molar-refractivity contribution in [2.24, 2.45) is 0 Å². The number of amides is 2. The number of carbonyl (C=O) groups excluding carboxylic acids is 2. The maximum absolute atomic E-state index is 14.0. The Hall–Kier alpha value is -3.77. The van der Waals surface area contributed by atoms with Gasteiger partial charge in [-0.2, -0.15) is 0 Å². The van der Waals surface area contributed by atoms with Crippen LogP contribution in [0.1, 0.15) is 48.1 Å². The Morgan fingerprint density at radius 3 is 2.41 bits per heavy atom. The fourth-order valence-corrected chi connectivity index (χ4v) is 5.80. The highest BCUT2D eigenvalue weighted by molar-refractivity contribution is 5.92. The molecule has 3 aromatic rings. The second-order valence-electron chi connectivity index (χ2n) is 9.82. The minimum Gasteiger partial charge on any atom is -0.370 e. The van der Waals surface area contributed by atoms with E-state index in [0.29, 0.717) is 38.1 Å². The summed E-state index contributed by atoms with van der Waals surface area (Å²) in [6, 6.07) is 24.4. The molecule has 1 fully saturated rings. The maximum atomic E-state index is 14.0. The number of nitrogens with one attached hydrogen (secondary N) is 1. The first-order chi connectivity index (χ1) is 18.0. The number of halogens is 1. The number of fused-ring (bicyclic) bond motifs is 2. The Balaban J connectivity index is 1.38. The van der Waals surface area contributed by atoms with Crippen LogP contribution in [-0.4, -0.2) is 35.9 Å². The van der Waals surface area contributed by atoms with E-state index in [1.54, 1.807) is 18.2 Å². The van der Waals surface area contributed by atoms with Crippen LogP contribution in [0.2, 0.25) is 0 Å². The maximum Gasteiger partial charge on any atom is 0.246 e. The summed E-state index contributed by atoms with van der Waals surface area (Å²) in [6.07, 6.45) is 4.13. The fraction of sp³-hybridized carbons (Fsp3) is 0.290. The number of nitrogens with zero attached hydrogens (tertiary/aromatic N) is 1. The summed E-state index contributed by atoms with van der Waals surface area (Å²) >= 11 is 0. The molecule has 0 bridgehead atoms. The molecule has 6 heteroatoms. The van der Waals surface area contributed by atoms with Crippen LogP contribution >= 0.6 is 0 Å². The Bertz CT molecular complexity index is 1300. The van der Waals surface area contributed by atoms with Gasteiger partial charge in [0, 0.05) is 37.1 Å². The smallest absolute Gasteiger partial charge is 0.246 e. The van der Waals surface area contributed by atoms with Crippen molar-refractivity contribution in [2.75, 3.05) is 13.1 Å². The molecule has 37 heavy (non-hydrogen) atoms. The molecular weight excluding hydrogens is 467 g/mol. The lowest BCUT2D eigenvalue weighted by Gasteiger charge is -2.44. The average Bonchev–Trinajstić information content (AvgIpc) is 3.15. The lowest BCUT2D eigenvalue weighted by molar-refractivity contribution is -0.129. The Kier molecular flexibility index (Phi) is 7.19. The van der Waals surface area contributed by atoms with Crippen LogP contribution in [0.5, 0.6) is 0 Å². The zero-order valence-electron chi connectivity index (χ0n) is 20.9. The molecule has 2 aliphatic rings. The van der Waals surface area contributed by atoms with Crippen molar-refractivity contribution in [3.8, 4) is 0 Å². The van der Waals surface area contributed by atoms with Gasteiger partial charge in [-0.3, -0.25) is 9.59 Å². The number of benzene rings is 3. The molecule has 1 aliphatic heterocycles. The SMILES string of the molecule is CC(=O)N[C@@H]1c2ccccc2C2(CCN(C(=O)/C=C/c3ccccc3F)CC2)[C@H]1OCc1ccccc1. The van der Waals surface area contributed by atoms with Gasteiger partial charge in [-0.25, -0.2) is 4.39 Å². The predicted octanol–water partition coefficient (Wildman–Crippen LogP) is 5.18. The van der Waals surface area contributed by atoms with E-state index in [9.17, 15) is 14.0 Å². The van der Waals surface area contributed by atoms with E-state index >= 15 is 0 Å². The largest absolute Gasteiger partial charge is 0.370 e. The molecule has 5 nitrogen and oxygen atoms in total. The predicted molar refractivity (Wildman–Crippen MR) is 141 cm³/mol. The van der Waals surface area contributed by atoms with Crippen molar-refractivity contribution in [3.05, 3.63) is 113 Å². The summed E-state index contributed by atoms with van der Waals surface area (Å²) in [4.78, 5) is 27.0. The number of hydrogen-bond donors (Lipinski definition) is 1. The van der Waals surface area contributed by atoms with Gasteiger partial charge in [-0.1, -0.05) is 72.8 Å². The van der Waals surface area contributed by atoms with E-state index < -0.39 is 0 Å². The van der Waals surface area contributed by atoms with Crippen molar-refractivity contribution in [1.82, 2.24) is 10.2 Å². The second kappa shape index (κ2) is 10.7. The first-order valence-corrected chi connectivity index (χ1v) is 12.7. The molecule has 190 valence electrons. The normalized spacial score (nSPS) is 20.2. The number of rotatable bonds is 6. The molecule has 0 unspecified atom stereocenters. The van der Waals surface area contributed by atoms with Crippen molar-refractivity contribution >= 4 is 17.9 Å². The number of hydrogen-bond acceptors (Lipinski definition) is 3. The molecule has 1 N–H and O–H groups in total. The van der Waals surface area contributed by atoms with Crippen LogP contribution in [0, 0.1) is 5.82 Å². The van der Waals surface area contributed by atoms with Crippen molar-refractivity contribution in [1.29, 1.82) is 0 Å².